The van der Waals surface area contributed by atoms with Crippen molar-refractivity contribution in [3.63, 3.8) is 0 Å². The molecule has 3 aliphatic rings. The molecule has 0 radical (unpaired) electrons. The molecule has 3 fully saturated rings. The highest BCUT2D eigenvalue weighted by Gasteiger charge is 2.47. The van der Waals surface area contributed by atoms with Crippen molar-refractivity contribution in [1.29, 1.82) is 0 Å². The monoisotopic (exact) mass is 266 g/mol. The largest absolute Gasteiger partial charge is 0.380 e. The van der Waals surface area contributed by atoms with Gasteiger partial charge in [-0.2, -0.15) is 0 Å². The molecule has 3 rings (SSSR count). The summed E-state index contributed by atoms with van der Waals surface area (Å²) in [7, 11) is 0. The van der Waals surface area contributed by atoms with Gasteiger partial charge in [0.25, 0.3) is 0 Å². The van der Waals surface area contributed by atoms with Gasteiger partial charge >= 0.3 is 0 Å². The van der Waals surface area contributed by atoms with Crippen molar-refractivity contribution in [2.75, 3.05) is 26.3 Å². The van der Waals surface area contributed by atoms with E-state index in [0.29, 0.717) is 17.1 Å². The molecule has 0 amide bonds. The number of hydrogen-bond acceptors (Lipinski definition) is 3. The molecule has 0 bridgehead atoms. The predicted molar refractivity (Wildman–Crippen MR) is 78.4 cm³/mol. The summed E-state index contributed by atoms with van der Waals surface area (Å²) in [6.07, 6.45) is 9.45. The van der Waals surface area contributed by atoms with Gasteiger partial charge in [-0.3, -0.25) is 4.90 Å². The molecule has 1 N–H and O–H groups in total. The van der Waals surface area contributed by atoms with Crippen LogP contribution in [-0.4, -0.2) is 48.3 Å². The van der Waals surface area contributed by atoms with Gasteiger partial charge in [-0.15, -0.1) is 0 Å². The van der Waals surface area contributed by atoms with Crippen LogP contribution in [0.15, 0.2) is 0 Å². The number of nitrogens with zero attached hydrogens (tertiary/aromatic N) is 1. The second-order valence-electron chi connectivity index (χ2n) is 7.19. The molecule has 0 aromatic rings. The van der Waals surface area contributed by atoms with E-state index in [1.807, 2.05) is 0 Å². The van der Waals surface area contributed by atoms with Crippen LogP contribution in [0.2, 0.25) is 0 Å². The fourth-order valence-electron chi connectivity index (χ4n) is 4.28. The lowest BCUT2D eigenvalue weighted by atomic mass is 9.76. The summed E-state index contributed by atoms with van der Waals surface area (Å²) in [5.41, 5.74) is 0.733. The average molecular weight is 266 g/mol. The highest BCUT2D eigenvalue weighted by atomic mass is 16.5. The van der Waals surface area contributed by atoms with Gasteiger partial charge in [0.05, 0.1) is 6.61 Å². The zero-order chi connectivity index (χ0) is 13.3. The van der Waals surface area contributed by atoms with Crippen molar-refractivity contribution < 1.29 is 4.74 Å². The zero-order valence-corrected chi connectivity index (χ0v) is 12.7. The number of piperazine rings is 1. The first-order chi connectivity index (χ1) is 9.18. The van der Waals surface area contributed by atoms with E-state index >= 15 is 0 Å². The maximum Gasteiger partial charge on any atom is 0.0622 e. The molecular formula is C16H30N2O. The lowest BCUT2D eigenvalue weighted by Crippen LogP contribution is -2.71. The fraction of sp³-hybridized carbons (Fsp3) is 1.00. The SMILES string of the molecule is CCC1(C)CNC2(CCCCC2)CN1C1CCOC1. The Balaban J connectivity index is 1.78. The van der Waals surface area contributed by atoms with Gasteiger partial charge in [-0.25, -0.2) is 0 Å². The molecule has 0 aromatic heterocycles. The molecule has 3 nitrogen and oxygen atoms in total. The van der Waals surface area contributed by atoms with Crippen LogP contribution in [0.4, 0.5) is 0 Å². The van der Waals surface area contributed by atoms with E-state index in [4.69, 9.17) is 4.74 Å². The van der Waals surface area contributed by atoms with Crippen LogP contribution in [0.25, 0.3) is 0 Å². The Morgan fingerprint density at radius 2 is 2.05 bits per heavy atom. The van der Waals surface area contributed by atoms with E-state index in [1.54, 1.807) is 0 Å². The summed E-state index contributed by atoms with van der Waals surface area (Å²) in [5, 5.41) is 3.95. The first-order valence-electron chi connectivity index (χ1n) is 8.27. The van der Waals surface area contributed by atoms with Crippen LogP contribution >= 0.6 is 0 Å². The molecule has 2 atom stereocenters. The van der Waals surface area contributed by atoms with Crippen LogP contribution < -0.4 is 5.32 Å². The molecule has 2 aliphatic heterocycles. The quantitative estimate of drug-likeness (QED) is 0.831. The van der Waals surface area contributed by atoms with Gasteiger partial charge in [-0.05, 0) is 32.6 Å². The lowest BCUT2D eigenvalue weighted by molar-refractivity contribution is -0.0327. The third-order valence-electron chi connectivity index (χ3n) is 5.93. The molecule has 1 saturated carbocycles. The highest BCUT2D eigenvalue weighted by Crippen LogP contribution is 2.37. The van der Waals surface area contributed by atoms with Crippen molar-refractivity contribution in [1.82, 2.24) is 10.2 Å². The predicted octanol–water partition coefficient (Wildman–Crippen LogP) is 2.55. The third-order valence-corrected chi connectivity index (χ3v) is 5.93. The minimum atomic E-state index is 0.320. The molecule has 110 valence electrons. The van der Waals surface area contributed by atoms with E-state index < -0.39 is 0 Å². The van der Waals surface area contributed by atoms with Crippen molar-refractivity contribution in [2.24, 2.45) is 0 Å². The summed E-state index contributed by atoms with van der Waals surface area (Å²) in [5.74, 6) is 0. The standard InChI is InChI=1S/C16H30N2O/c1-3-15(2)12-17-16(8-5-4-6-9-16)13-18(15)14-7-10-19-11-14/h14,17H,3-13H2,1-2H3. The Kier molecular flexibility index (Phi) is 3.89. The maximum atomic E-state index is 5.66. The fourth-order valence-corrected chi connectivity index (χ4v) is 4.28. The molecule has 1 spiro atoms. The summed E-state index contributed by atoms with van der Waals surface area (Å²) in [6.45, 7) is 9.08. The summed E-state index contributed by atoms with van der Waals surface area (Å²) < 4.78 is 5.66. The Hall–Kier alpha value is -0.120. The van der Waals surface area contributed by atoms with Gasteiger partial charge in [0.2, 0.25) is 0 Å². The van der Waals surface area contributed by atoms with Gasteiger partial charge in [0.1, 0.15) is 0 Å². The number of nitrogens with one attached hydrogen (secondary N) is 1. The van der Waals surface area contributed by atoms with Crippen molar-refractivity contribution in [3.8, 4) is 0 Å². The molecule has 2 unspecified atom stereocenters. The average Bonchev–Trinajstić information content (AvgIpc) is 2.97. The Labute approximate surface area is 118 Å². The summed E-state index contributed by atoms with van der Waals surface area (Å²) in [6, 6.07) is 0.658. The first kappa shape index (κ1) is 13.8. The lowest BCUT2D eigenvalue weighted by Gasteiger charge is -2.56. The molecule has 1 aliphatic carbocycles. The summed E-state index contributed by atoms with van der Waals surface area (Å²) >= 11 is 0. The minimum Gasteiger partial charge on any atom is -0.380 e. The second-order valence-corrected chi connectivity index (χ2v) is 7.19. The van der Waals surface area contributed by atoms with E-state index in [2.05, 4.69) is 24.1 Å². The Morgan fingerprint density at radius 3 is 2.68 bits per heavy atom. The minimum absolute atomic E-state index is 0.320. The van der Waals surface area contributed by atoms with Gasteiger partial charge in [0, 0.05) is 36.8 Å². The molecular weight excluding hydrogens is 236 g/mol. The van der Waals surface area contributed by atoms with Gasteiger partial charge < -0.3 is 10.1 Å². The molecule has 2 saturated heterocycles. The number of rotatable bonds is 2. The molecule has 2 heterocycles. The Bertz CT molecular complexity index is 308. The topological polar surface area (TPSA) is 24.5 Å². The van der Waals surface area contributed by atoms with E-state index in [-0.39, 0.29) is 0 Å². The van der Waals surface area contributed by atoms with Crippen LogP contribution in [0.5, 0.6) is 0 Å². The Morgan fingerprint density at radius 1 is 1.26 bits per heavy atom. The van der Waals surface area contributed by atoms with Crippen molar-refractivity contribution in [2.45, 2.75) is 75.9 Å². The molecule has 0 aromatic carbocycles. The summed E-state index contributed by atoms with van der Waals surface area (Å²) in [4.78, 5) is 2.81. The number of ether oxygens (including phenoxy) is 1. The van der Waals surface area contributed by atoms with Gasteiger partial charge in [-0.1, -0.05) is 26.2 Å². The van der Waals surface area contributed by atoms with Crippen LogP contribution in [-0.2, 0) is 4.74 Å². The van der Waals surface area contributed by atoms with E-state index in [0.717, 1.165) is 19.8 Å². The highest BCUT2D eigenvalue weighted by molar-refractivity contribution is 5.06. The second kappa shape index (κ2) is 5.34. The van der Waals surface area contributed by atoms with Crippen molar-refractivity contribution >= 4 is 0 Å². The molecule has 19 heavy (non-hydrogen) atoms. The van der Waals surface area contributed by atoms with E-state index in [1.165, 1.54) is 51.5 Å². The molecule has 3 heteroatoms. The normalized spacial score (nSPS) is 39.8. The van der Waals surface area contributed by atoms with E-state index in [9.17, 15) is 0 Å². The van der Waals surface area contributed by atoms with Crippen LogP contribution in [0, 0.1) is 0 Å². The smallest absolute Gasteiger partial charge is 0.0622 e. The maximum absolute atomic E-state index is 5.66. The third kappa shape index (κ3) is 2.57. The van der Waals surface area contributed by atoms with Crippen LogP contribution in [0.3, 0.4) is 0 Å². The van der Waals surface area contributed by atoms with Crippen molar-refractivity contribution in [3.05, 3.63) is 0 Å². The number of hydrogen-bond donors (Lipinski definition) is 1. The first-order valence-corrected chi connectivity index (χ1v) is 8.27. The zero-order valence-electron chi connectivity index (χ0n) is 12.7. The van der Waals surface area contributed by atoms with Crippen LogP contribution in [0.1, 0.15) is 58.8 Å². The van der Waals surface area contributed by atoms with Gasteiger partial charge in [0.15, 0.2) is 0 Å².